The molecule has 3 nitrogen and oxygen atoms in total. The third kappa shape index (κ3) is 3.18. The molecule has 0 aliphatic carbocycles. The molecule has 62 valence electrons. The molecular weight excluding hydrogens is 166 g/mol. The second-order valence-corrected chi connectivity index (χ2v) is 1.93. The molecule has 1 aromatic heterocycles. The van der Waals surface area contributed by atoms with Crippen LogP contribution in [0.5, 0.6) is 0 Å². The van der Waals surface area contributed by atoms with Gasteiger partial charge in [0.15, 0.2) is 5.15 Å². The SMILES string of the molecule is CC.Cc1nc(Cl)coc1=O. The Morgan fingerprint density at radius 2 is 2.09 bits per heavy atom. The second kappa shape index (κ2) is 4.91. The fourth-order valence-electron chi connectivity index (χ4n) is 0.420. The summed E-state index contributed by atoms with van der Waals surface area (Å²) in [6, 6.07) is 0. The van der Waals surface area contributed by atoms with Crippen molar-refractivity contribution in [3.05, 3.63) is 27.5 Å². The standard InChI is InChI=1S/C5H4ClNO2.C2H6/c1-3-5(8)9-2-4(6)7-3;1-2/h2H,1H3;1-2H3. The van der Waals surface area contributed by atoms with Crippen molar-refractivity contribution in [3.63, 3.8) is 0 Å². The van der Waals surface area contributed by atoms with Crippen LogP contribution >= 0.6 is 11.6 Å². The monoisotopic (exact) mass is 175 g/mol. The second-order valence-electron chi connectivity index (χ2n) is 1.54. The highest BCUT2D eigenvalue weighted by atomic mass is 35.5. The minimum atomic E-state index is -0.445. The van der Waals surface area contributed by atoms with Crippen LogP contribution in [-0.4, -0.2) is 4.98 Å². The van der Waals surface area contributed by atoms with Crippen LogP contribution in [0, 0.1) is 6.92 Å². The van der Waals surface area contributed by atoms with E-state index in [0.29, 0.717) is 0 Å². The molecule has 0 aliphatic rings. The van der Waals surface area contributed by atoms with Crippen molar-refractivity contribution in [2.45, 2.75) is 20.8 Å². The first-order valence-electron chi connectivity index (χ1n) is 3.32. The van der Waals surface area contributed by atoms with Gasteiger partial charge in [-0.05, 0) is 6.92 Å². The molecule has 0 radical (unpaired) electrons. The number of aromatic nitrogens is 1. The highest BCUT2D eigenvalue weighted by Gasteiger charge is 1.95. The van der Waals surface area contributed by atoms with Gasteiger partial charge in [0, 0.05) is 0 Å². The molecule has 0 bridgehead atoms. The van der Waals surface area contributed by atoms with Crippen LogP contribution in [-0.2, 0) is 0 Å². The Bertz CT molecular complexity index is 269. The van der Waals surface area contributed by atoms with E-state index in [1.54, 1.807) is 0 Å². The lowest BCUT2D eigenvalue weighted by molar-refractivity contribution is 0.496. The van der Waals surface area contributed by atoms with Gasteiger partial charge in [0.25, 0.3) is 0 Å². The molecular formula is C7H10ClNO2. The molecule has 11 heavy (non-hydrogen) atoms. The molecule has 0 aromatic carbocycles. The number of nitrogens with zero attached hydrogens (tertiary/aromatic N) is 1. The van der Waals surface area contributed by atoms with E-state index in [1.165, 1.54) is 6.92 Å². The normalized spacial score (nSPS) is 8.36. The molecule has 1 heterocycles. The van der Waals surface area contributed by atoms with E-state index >= 15 is 0 Å². The Kier molecular flexibility index (Phi) is 4.54. The zero-order chi connectivity index (χ0) is 8.85. The summed E-state index contributed by atoms with van der Waals surface area (Å²) in [4.78, 5) is 14.1. The fraction of sp³-hybridized carbons (Fsp3) is 0.429. The highest BCUT2D eigenvalue weighted by molar-refractivity contribution is 6.29. The minimum Gasteiger partial charge on any atom is -0.427 e. The topological polar surface area (TPSA) is 43.1 Å². The molecule has 0 unspecified atom stereocenters. The fourth-order valence-corrected chi connectivity index (χ4v) is 0.591. The Morgan fingerprint density at radius 3 is 2.45 bits per heavy atom. The van der Waals surface area contributed by atoms with E-state index in [2.05, 4.69) is 9.40 Å². The molecule has 0 aliphatic heterocycles. The van der Waals surface area contributed by atoms with E-state index in [1.807, 2.05) is 13.8 Å². The summed E-state index contributed by atoms with van der Waals surface area (Å²) < 4.78 is 4.44. The van der Waals surface area contributed by atoms with Crippen molar-refractivity contribution in [1.82, 2.24) is 4.98 Å². The number of halogens is 1. The largest absolute Gasteiger partial charge is 0.427 e. The van der Waals surface area contributed by atoms with E-state index in [9.17, 15) is 4.79 Å². The zero-order valence-corrected chi connectivity index (χ0v) is 7.47. The van der Waals surface area contributed by atoms with Gasteiger partial charge in [-0.15, -0.1) is 0 Å². The van der Waals surface area contributed by atoms with Crippen molar-refractivity contribution in [2.75, 3.05) is 0 Å². The summed E-state index contributed by atoms with van der Waals surface area (Å²) in [7, 11) is 0. The predicted molar refractivity (Wildman–Crippen MR) is 43.9 cm³/mol. The summed E-state index contributed by atoms with van der Waals surface area (Å²) in [5.41, 5.74) is -0.165. The molecule has 1 rings (SSSR count). The van der Waals surface area contributed by atoms with Gasteiger partial charge >= 0.3 is 5.63 Å². The lowest BCUT2D eigenvalue weighted by atomic mass is 10.5. The van der Waals surface area contributed by atoms with Gasteiger partial charge < -0.3 is 4.42 Å². The van der Waals surface area contributed by atoms with E-state index in [-0.39, 0.29) is 10.8 Å². The summed E-state index contributed by atoms with van der Waals surface area (Å²) in [5, 5.41) is 0.201. The van der Waals surface area contributed by atoms with Crippen LogP contribution in [0.2, 0.25) is 5.15 Å². The Balaban J connectivity index is 0.000000461. The third-order valence-corrected chi connectivity index (χ3v) is 1.01. The maximum atomic E-state index is 10.5. The lowest BCUT2D eigenvalue weighted by Gasteiger charge is -1.86. The van der Waals surface area contributed by atoms with Crippen LogP contribution in [0.3, 0.4) is 0 Å². The van der Waals surface area contributed by atoms with Gasteiger partial charge in [-0.2, -0.15) is 0 Å². The third-order valence-electron chi connectivity index (χ3n) is 0.833. The number of hydrogen-bond acceptors (Lipinski definition) is 3. The summed E-state index contributed by atoms with van der Waals surface area (Å²) >= 11 is 5.37. The zero-order valence-electron chi connectivity index (χ0n) is 6.72. The van der Waals surface area contributed by atoms with Gasteiger partial charge in [-0.25, -0.2) is 9.78 Å². The minimum absolute atomic E-state index is 0.201. The van der Waals surface area contributed by atoms with Gasteiger partial charge in [0.2, 0.25) is 0 Å². The predicted octanol–water partition coefficient (Wildman–Crippen LogP) is 2.02. The van der Waals surface area contributed by atoms with Crippen LogP contribution in [0.15, 0.2) is 15.5 Å². The molecule has 0 fully saturated rings. The number of hydrogen-bond donors (Lipinski definition) is 0. The summed E-state index contributed by atoms with van der Waals surface area (Å²) in [6.07, 6.45) is 1.11. The Hall–Kier alpha value is -0.830. The molecule has 4 heteroatoms. The van der Waals surface area contributed by atoms with Crippen LogP contribution < -0.4 is 5.63 Å². The van der Waals surface area contributed by atoms with Crippen LogP contribution in [0.1, 0.15) is 19.5 Å². The molecule has 0 N–H and O–H groups in total. The number of rotatable bonds is 0. The van der Waals surface area contributed by atoms with Gasteiger partial charge in [0.1, 0.15) is 12.0 Å². The molecule has 0 spiro atoms. The highest BCUT2D eigenvalue weighted by Crippen LogP contribution is 1.98. The first kappa shape index (κ1) is 10.2. The van der Waals surface area contributed by atoms with Gasteiger partial charge in [0.05, 0.1) is 0 Å². The van der Waals surface area contributed by atoms with E-state index < -0.39 is 5.63 Å². The van der Waals surface area contributed by atoms with Crippen molar-refractivity contribution in [2.24, 2.45) is 0 Å². The van der Waals surface area contributed by atoms with Crippen LogP contribution in [0.25, 0.3) is 0 Å². The molecule has 0 amide bonds. The molecule has 0 atom stereocenters. The summed E-state index contributed by atoms with van der Waals surface area (Å²) in [5.74, 6) is 0. The lowest BCUT2D eigenvalue weighted by Crippen LogP contribution is -2.04. The molecule has 0 saturated carbocycles. The maximum Gasteiger partial charge on any atom is 0.357 e. The van der Waals surface area contributed by atoms with Crippen molar-refractivity contribution in [3.8, 4) is 0 Å². The summed E-state index contributed by atoms with van der Waals surface area (Å²) in [6.45, 7) is 5.54. The van der Waals surface area contributed by atoms with E-state index in [4.69, 9.17) is 11.6 Å². The Morgan fingerprint density at radius 1 is 1.55 bits per heavy atom. The van der Waals surface area contributed by atoms with Gasteiger partial charge in [-0.1, -0.05) is 25.4 Å². The van der Waals surface area contributed by atoms with E-state index in [0.717, 1.165) is 6.26 Å². The first-order chi connectivity index (χ1) is 5.20. The van der Waals surface area contributed by atoms with Crippen molar-refractivity contribution < 1.29 is 4.42 Å². The smallest absolute Gasteiger partial charge is 0.357 e. The average Bonchev–Trinajstić information content (AvgIpc) is 2.02. The Labute approximate surface area is 70.0 Å². The van der Waals surface area contributed by atoms with Crippen LogP contribution in [0.4, 0.5) is 0 Å². The molecule has 0 saturated heterocycles. The average molecular weight is 176 g/mol. The quantitative estimate of drug-likeness (QED) is 0.606. The number of aryl methyl sites for hydroxylation is 1. The van der Waals surface area contributed by atoms with Gasteiger partial charge in [-0.3, -0.25) is 0 Å². The maximum absolute atomic E-state index is 10.5. The van der Waals surface area contributed by atoms with Crippen molar-refractivity contribution in [1.29, 1.82) is 0 Å². The first-order valence-corrected chi connectivity index (χ1v) is 3.70. The van der Waals surface area contributed by atoms with Crippen molar-refractivity contribution >= 4 is 11.6 Å². The molecule has 1 aromatic rings.